The molecule has 1 aromatic rings. The van der Waals surface area contributed by atoms with Crippen LogP contribution >= 0.6 is 0 Å². The van der Waals surface area contributed by atoms with Gasteiger partial charge in [-0.25, -0.2) is 0 Å². The summed E-state index contributed by atoms with van der Waals surface area (Å²) in [5, 5.41) is 9.21. The predicted molar refractivity (Wildman–Crippen MR) is 46.9 cm³/mol. The van der Waals surface area contributed by atoms with E-state index in [1.807, 2.05) is 13.0 Å². The number of nitrogen functional groups attached to an aromatic ring is 1. The summed E-state index contributed by atoms with van der Waals surface area (Å²) in [5.74, 6) is 0.294. The van der Waals surface area contributed by atoms with Crippen LogP contribution in [0, 0.1) is 0 Å². The topological polar surface area (TPSA) is 80.4 Å². The van der Waals surface area contributed by atoms with Crippen LogP contribution in [0.4, 0.5) is 5.69 Å². The Morgan fingerprint density at radius 3 is 2.38 bits per heavy atom. The fourth-order valence-corrected chi connectivity index (χ4v) is 0.880. The molecule has 0 amide bonds. The van der Waals surface area contributed by atoms with E-state index in [-0.39, 0.29) is 6.15 Å². The van der Waals surface area contributed by atoms with Crippen LogP contribution in [0.3, 0.4) is 0 Å². The van der Waals surface area contributed by atoms with Gasteiger partial charge in [0.2, 0.25) is 0 Å². The Balaban J connectivity index is 0.000000424. The van der Waals surface area contributed by atoms with Gasteiger partial charge < -0.3 is 10.8 Å². The Morgan fingerprint density at radius 2 is 2.00 bits per heavy atom. The van der Waals surface area contributed by atoms with E-state index < -0.39 is 0 Å². The molecule has 0 spiro atoms. The summed E-state index contributed by atoms with van der Waals surface area (Å²) in [4.78, 5) is 16.2. The van der Waals surface area contributed by atoms with Crippen molar-refractivity contribution in [2.45, 2.75) is 13.3 Å². The Morgan fingerprint density at radius 1 is 1.46 bits per heavy atom. The molecule has 0 saturated heterocycles. The number of hydrogen-bond donors (Lipinski definition) is 2. The van der Waals surface area contributed by atoms with Crippen LogP contribution in [0.2, 0.25) is 0 Å². The Bertz CT molecular complexity index is 304. The Labute approximate surface area is 76.0 Å². The molecule has 0 aromatic heterocycles. The number of phenols is 1. The molecular formula is C9H11NO3. The third kappa shape index (κ3) is 3.94. The quantitative estimate of drug-likeness (QED) is 0.632. The standard InChI is InChI=1S/C8H11NO.CO2/c1-2-6-3-4-7(9)5-8(6)10;2-1-3/h3-5,10H,2,9H2,1H3;. The van der Waals surface area contributed by atoms with Crippen molar-refractivity contribution in [2.24, 2.45) is 0 Å². The molecule has 0 radical (unpaired) electrons. The van der Waals surface area contributed by atoms with E-state index in [0.29, 0.717) is 11.4 Å². The molecule has 0 aliphatic heterocycles. The van der Waals surface area contributed by atoms with Crippen molar-refractivity contribution in [1.82, 2.24) is 0 Å². The van der Waals surface area contributed by atoms with Crippen molar-refractivity contribution in [2.75, 3.05) is 5.73 Å². The van der Waals surface area contributed by atoms with E-state index in [1.54, 1.807) is 12.1 Å². The summed E-state index contributed by atoms with van der Waals surface area (Å²) in [7, 11) is 0. The lowest BCUT2D eigenvalue weighted by molar-refractivity contribution is -0.191. The maximum Gasteiger partial charge on any atom is 0.373 e. The largest absolute Gasteiger partial charge is 0.508 e. The van der Waals surface area contributed by atoms with Crippen LogP contribution in [0.15, 0.2) is 18.2 Å². The average Bonchev–Trinajstić information content (AvgIpc) is 2.06. The molecule has 1 rings (SSSR count). The average molecular weight is 181 g/mol. The van der Waals surface area contributed by atoms with Gasteiger partial charge in [-0.05, 0) is 18.1 Å². The SMILES string of the molecule is CCc1ccc(N)cc1O.O=C=O. The molecule has 0 aliphatic carbocycles. The van der Waals surface area contributed by atoms with Crippen molar-refractivity contribution in [3.63, 3.8) is 0 Å². The number of benzene rings is 1. The van der Waals surface area contributed by atoms with Crippen molar-refractivity contribution < 1.29 is 14.7 Å². The molecule has 4 heteroatoms. The van der Waals surface area contributed by atoms with Crippen LogP contribution < -0.4 is 5.73 Å². The zero-order chi connectivity index (χ0) is 10.3. The van der Waals surface area contributed by atoms with E-state index in [2.05, 4.69) is 0 Å². The van der Waals surface area contributed by atoms with Gasteiger partial charge in [-0.15, -0.1) is 0 Å². The van der Waals surface area contributed by atoms with Gasteiger partial charge in [0.1, 0.15) is 5.75 Å². The minimum Gasteiger partial charge on any atom is -0.508 e. The highest BCUT2D eigenvalue weighted by Gasteiger charge is 1.96. The van der Waals surface area contributed by atoms with Crippen LogP contribution in [-0.2, 0) is 16.0 Å². The number of aryl methyl sites for hydroxylation is 1. The molecule has 70 valence electrons. The first kappa shape index (κ1) is 11.2. The normalized spacial score (nSPS) is 8.08. The van der Waals surface area contributed by atoms with E-state index >= 15 is 0 Å². The number of anilines is 1. The molecule has 0 aliphatic rings. The van der Waals surface area contributed by atoms with Crippen molar-refractivity contribution >= 4 is 11.8 Å². The summed E-state index contributed by atoms with van der Waals surface area (Å²) >= 11 is 0. The molecular weight excluding hydrogens is 170 g/mol. The highest BCUT2D eigenvalue weighted by Crippen LogP contribution is 2.19. The van der Waals surface area contributed by atoms with E-state index in [1.165, 1.54) is 0 Å². The Hall–Kier alpha value is -1.80. The van der Waals surface area contributed by atoms with Gasteiger partial charge in [-0.3, -0.25) is 0 Å². The highest BCUT2D eigenvalue weighted by molar-refractivity contribution is 5.47. The maximum atomic E-state index is 9.21. The Kier molecular flexibility index (Phi) is 5.00. The van der Waals surface area contributed by atoms with Gasteiger partial charge in [0.15, 0.2) is 0 Å². The predicted octanol–water partition coefficient (Wildman–Crippen LogP) is 0.953. The summed E-state index contributed by atoms with van der Waals surface area (Å²) in [6.07, 6.45) is 1.09. The second kappa shape index (κ2) is 5.80. The van der Waals surface area contributed by atoms with Crippen LogP contribution in [0.25, 0.3) is 0 Å². The smallest absolute Gasteiger partial charge is 0.373 e. The third-order valence-electron chi connectivity index (χ3n) is 1.49. The molecule has 0 fully saturated rings. The lowest BCUT2D eigenvalue weighted by atomic mass is 10.1. The summed E-state index contributed by atoms with van der Waals surface area (Å²) in [6.45, 7) is 1.99. The first-order valence-electron chi connectivity index (χ1n) is 3.72. The molecule has 0 bridgehead atoms. The maximum absolute atomic E-state index is 9.21. The number of rotatable bonds is 1. The summed E-state index contributed by atoms with van der Waals surface area (Å²) < 4.78 is 0. The van der Waals surface area contributed by atoms with Crippen LogP contribution in [-0.4, -0.2) is 11.3 Å². The van der Waals surface area contributed by atoms with Gasteiger partial charge in [-0.2, -0.15) is 9.59 Å². The third-order valence-corrected chi connectivity index (χ3v) is 1.49. The summed E-state index contributed by atoms with van der Waals surface area (Å²) in [5.41, 5.74) is 6.97. The molecule has 4 nitrogen and oxygen atoms in total. The van der Waals surface area contributed by atoms with Gasteiger partial charge in [0.05, 0.1) is 0 Å². The molecule has 0 heterocycles. The van der Waals surface area contributed by atoms with Gasteiger partial charge in [-0.1, -0.05) is 13.0 Å². The van der Waals surface area contributed by atoms with Gasteiger partial charge in [0.25, 0.3) is 0 Å². The molecule has 0 saturated carbocycles. The second-order valence-corrected chi connectivity index (χ2v) is 2.33. The lowest BCUT2D eigenvalue weighted by Gasteiger charge is -2.00. The van der Waals surface area contributed by atoms with E-state index in [4.69, 9.17) is 15.3 Å². The van der Waals surface area contributed by atoms with Crippen molar-refractivity contribution in [3.05, 3.63) is 23.8 Å². The number of phenolic OH excluding ortho intramolecular Hbond substituents is 1. The molecule has 13 heavy (non-hydrogen) atoms. The first-order valence-corrected chi connectivity index (χ1v) is 3.72. The minimum absolute atomic E-state index is 0.250. The minimum atomic E-state index is 0.250. The highest BCUT2D eigenvalue weighted by atomic mass is 16.3. The zero-order valence-electron chi connectivity index (χ0n) is 7.28. The van der Waals surface area contributed by atoms with Crippen LogP contribution in [0.1, 0.15) is 12.5 Å². The number of carbonyl (C=O) groups excluding carboxylic acids is 2. The van der Waals surface area contributed by atoms with E-state index in [9.17, 15) is 5.11 Å². The lowest BCUT2D eigenvalue weighted by Crippen LogP contribution is -1.86. The molecule has 0 atom stereocenters. The summed E-state index contributed by atoms with van der Waals surface area (Å²) in [6, 6.07) is 5.20. The van der Waals surface area contributed by atoms with Crippen LogP contribution in [0.5, 0.6) is 5.75 Å². The second-order valence-electron chi connectivity index (χ2n) is 2.33. The fraction of sp³-hybridized carbons (Fsp3) is 0.222. The van der Waals surface area contributed by atoms with Crippen molar-refractivity contribution in [1.29, 1.82) is 0 Å². The first-order chi connectivity index (χ1) is 6.15. The van der Waals surface area contributed by atoms with Gasteiger partial charge >= 0.3 is 6.15 Å². The molecule has 1 aromatic carbocycles. The molecule has 3 N–H and O–H groups in total. The fourth-order valence-electron chi connectivity index (χ4n) is 0.880. The monoisotopic (exact) mass is 181 g/mol. The number of aromatic hydroxyl groups is 1. The number of nitrogens with two attached hydrogens (primary N) is 1. The van der Waals surface area contributed by atoms with Gasteiger partial charge in [0, 0.05) is 11.8 Å². The van der Waals surface area contributed by atoms with Crippen molar-refractivity contribution in [3.8, 4) is 5.75 Å². The zero-order valence-corrected chi connectivity index (χ0v) is 7.28. The van der Waals surface area contributed by atoms with E-state index in [0.717, 1.165) is 12.0 Å². The molecule has 0 unspecified atom stereocenters. The number of hydrogen-bond acceptors (Lipinski definition) is 4.